The predicted octanol–water partition coefficient (Wildman–Crippen LogP) is 0.135. The molecule has 0 amide bonds. The first-order chi connectivity index (χ1) is 11.1. The van der Waals surface area contributed by atoms with Gasteiger partial charge in [0.15, 0.2) is 6.29 Å². The Hall–Kier alpha value is -0.280. The minimum Gasteiger partial charge on any atom is -0.390 e. The minimum atomic E-state index is -0.943. The molecular weight excluding hydrogens is 316 g/mol. The van der Waals surface area contributed by atoms with Crippen LogP contribution in [0.3, 0.4) is 0 Å². The lowest BCUT2D eigenvalue weighted by Gasteiger charge is -2.39. The fourth-order valence-corrected chi connectivity index (χ4v) is 3.18. The molecule has 144 valence electrons. The Bertz CT molecular complexity index is 323. The molecule has 1 saturated heterocycles. The molecule has 2 fully saturated rings. The van der Waals surface area contributed by atoms with Crippen molar-refractivity contribution in [3.05, 3.63) is 0 Å². The molecule has 1 aliphatic heterocycles. The van der Waals surface area contributed by atoms with Gasteiger partial charge in [-0.25, -0.2) is 0 Å². The van der Waals surface area contributed by atoms with Gasteiger partial charge in [-0.05, 0) is 25.2 Å². The topological polar surface area (TPSA) is 109 Å². The van der Waals surface area contributed by atoms with E-state index in [9.17, 15) is 20.4 Å². The van der Waals surface area contributed by atoms with Crippen molar-refractivity contribution in [1.82, 2.24) is 0 Å². The van der Waals surface area contributed by atoms with Crippen LogP contribution in [0.1, 0.15) is 34.1 Å². The first-order valence-electron chi connectivity index (χ1n) is 8.58. The van der Waals surface area contributed by atoms with Gasteiger partial charge in [0.1, 0.15) is 12.2 Å². The molecule has 24 heavy (non-hydrogen) atoms. The van der Waals surface area contributed by atoms with Gasteiger partial charge in [-0.3, -0.25) is 0 Å². The maximum absolute atomic E-state index is 9.59. The molecule has 10 atom stereocenters. The maximum atomic E-state index is 9.59. The first kappa shape index (κ1) is 21.8. The maximum Gasteiger partial charge on any atom is 0.185 e. The predicted molar refractivity (Wildman–Crippen MR) is 88.3 cm³/mol. The largest absolute Gasteiger partial charge is 0.390 e. The van der Waals surface area contributed by atoms with E-state index in [-0.39, 0.29) is 24.0 Å². The molecule has 1 heterocycles. The molecule has 4 N–H and O–H groups in total. The molecule has 1 aliphatic carbocycles. The van der Waals surface area contributed by atoms with E-state index in [1.54, 1.807) is 7.11 Å². The summed E-state index contributed by atoms with van der Waals surface area (Å²) in [6.45, 7) is 7.73. The lowest BCUT2D eigenvalue weighted by Crippen LogP contribution is -2.53. The van der Waals surface area contributed by atoms with E-state index in [0.717, 1.165) is 6.42 Å². The van der Waals surface area contributed by atoms with Crippen LogP contribution in [0.25, 0.3) is 0 Å². The van der Waals surface area contributed by atoms with E-state index >= 15 is 0 Å². The average molecular weight is 350 g/mol. The number of hydrogen-bond donors (Lipinski definition) is 4. The van der Waals surface area contributed by atoms with E-state index in [1.165, 1.54) is 7.11 Å². The molecule has 1 saturated carbocycles. The number of ether oxygens (including phenoxy) is 3. The summed E-state index contributed by atoms with van der Waals surface area (Å²) in [5, 5.41) is 38.1. The zero-order valence-corrected chi connectivity index (χ0v) is 15.5. The van der Waals surface area contributed by atoms with Crippen molar-refractivity contribution in [3.63, 3.8) is 0 Å². The van der Waals surface area contributed by atoms with Crippen LogP contribution in [0.5, 0.6) is 0 Å². The van der Waals surface area contributed by atoms with E-state index in [1.807, 2.05) is 20.8 Å². The molecule has 7 heteroatoms. The Morgan fingerprint density at radius 1 is 0.750 bits per heavy atom. The zero-order chi connectivity index (χ0) is 18.6. The third kappa shape index (κ3) is 4.88. The Morgan fingerprint density at radius 2 is 1.29 bits per heavy atom. The van der Waals surface area contributed by atoms with Crippen LogP contribution in [0.15, 0.2) is 0 Å². The third-order valence-electron chi connectivity index (χ3n) is 5.56. The number of aliphatic hydroxyl groups is 4. The summed E-state index contributed by atoms with van der Waals surface area (Å²) in [5.74, 6) is 0.506. The Kier molecular flexibility index (Phi) is 8.55. The molecule has 0 spiro atoms. The second kappa shape index (κ2) is 9.43. The normalized spacial score (nSPS) is 49.2. The van der Waals surface area contributed by atoms with E-state index in [2.05, 4.69) is 6.92 Å². The van der Waals surface area contributed by atoms with Crippen molar-refractivity contribution >= 4 is 0 Å². The van der Waals surface area contributed by atoms with E-state index < -0.39 is 30.7 Å². The molecule has 0 aromatic heterocycles. The highest BCUT2D eigenvalue weighted by molar-refractivity contribution is 4.89. The molecule has 10 unspecified atom stereocenters. The molecule has 2 rings (SSSR count). The van der Waals surface area contributed by atoms with Gasteiger partial charge in [0.05, 0.1) is 24.4 Å². The van der Waals surface area contributed by atoms with Crippen molar-refractivity contribution in [2.75, 3.05) is 14.2 Å². The van der Waals surface area contributed by atoms with Crippen LogP contribution in [0.2, 0.25) is 0 Å². The van der Waals surface area contributed by atoms with Crippen molar-refractivity contribution in [1.29, 1.82) is 0 Å². The van der Waals surface area contributed by atoms with Gasteiger partial charge < -0.3 is 34.6 Å². The van der Waals surface area contributed by atoms with Crippen LogP contribution in [0, 0.1) is 17.8 Å². The van der Waals surface area contributed by atoms with Gasteiger partial charge in [0, 0.05) is 20.1 Å². The lowest BCUT2D eigenvalue weighted by molar-refractivity contribution is -0.271. The Morgan fingerprint density at radius 3 is 1.79 bits per heavy atom. The summed E-state index contributed by atoms with van der Waals surface area (Å²) in [5.41, 5.74) is 0. The third-order valence-corrected chi connectivity index (χ3v) is 5.56. The number of aliphatic hydroxyl groups excluding tert-OH is 4. The zero-order valence-electron chi connectivity index (χ0n) is 15.5. The van der Waals surface area contributed by atoms with Crippen LogP contribution in [0.4, 0.5) is 0 Å². The Balaban J connectivity index is 0.000000240. The number of rotatable bonds is 2. The van der Waals surface area contributed by atoms with Crippen molar-refractivity contribution in [2.24, 2.45) is 17.8 Å². The van der Waals surface area contributed by atoms with Gasteiger partial charge in [-0.1, -0.05) is 20.8 Å². The first-order valence-corrected chi connectivity index (χ1v) is 8.58. The summed E-state index contributed by atoms with van der Waals surface area (Å²) < 4.78 is 15.2. The SMILES string of the molecule is COC1CC(C)C(C)C(O)C1O.COC1OC(C)C(C)C(O)C1O. The minimum absolute atomic E-state index is 0.0635. The summed E-state index contributed by atoms with van der Waals surface area (Å²) in [6.07, 6.45) is -3.24. The standard InChI is InChI=1S/C9H18O3.C8H16O4/c1-5-4-7(12-3)9(11)8(10)6(5)2;1-4-5(2)12-8(11-3)7(10)6(4)9/h5-11H,4H2,1-3H3;4-10H,1-3H3. The fourth-order valence-electron chi connectivity index (χ4n) is 3.18. The van der Waals surface area contributed by atoms with Crippen molar-refractivity contribution in [2.45, 2.75) is 77.0 Å². The molecule has 0 aromatic carbocycles. The van der Waals surface area contributed by atoms with Crippen LogP contribution >= 0.6 is 0 Å². The highest BCUT2D eigenvalue weighted by Crippen LogP contribution is 2.31. The second-order valence-electron chi connectivity index (χ2n) is 7.11. The molecule has 2 aliphatic rings. The van der Waals surface area contributed by atoms with Crippen LogP contribution in [-0.4, -0.2) is 77.6 Å². The summed E-state index contributed by atoms with van der Waals surface area (Å²) in [6, 6.07) is 0. The van der Waals surface area contributed by atoms with Gasteiger partial charge in [-0.2, -0.15) is 0 Å². The van der Waals surface area contributed by atoms with Crippen molar-refractivity contribution < 1.29 is 34.6 Å². The van der Waals surface area contributed by atoms with Crippen molar-refractivity contribution in [3.8, 4) is 0 Å². The smallest absolute Gasteiger partial charge is 0.185 e. The highest BCUT2D eigenvalue weighted by Gasteiger charge is 2.40. The second-order valence-corrected chi connectivity index (χ2v) is 7.11. The Labute approximate surface area is 144 Å². The highest BCUT2D eigenvalue weighted by atomic mass is 16.7. The van der Waals surface area contributed by atoms with Crippen LogP contribution < -0.4 is 0 Å². The lowest BCUT2D eigenvalue weighted by atomic mass is 9.76. The van der Waals surface area contributed by atoms with E-state index in [4.69, 9.17) is 14.2 Å². The molecule has 0 radical (unpaired) electrons. The summed E-state index contributed by atoms with van der Waals surface area (Å²) in [7, 11) is 3.02. The van der Waals surface area contributed by atoms with Gasteiger partial charge >= 0.3 is 0 Å². The number of methoxy groups -OCH3 is 2. The van der Waals surface area contributed by atoms with Gasteiger partial charge in [0.2, 0.25) is 0 Å². The summed E-state index contributed by atoms with van der Waals surface area (Å²) >= 11 is 0. The number of hydrogen-bond acceptors (Lipinski definition) is 7. The molecule has 0 bridgehead atoms. The summed E-state index contributed by atoms with van der Waals surface area (Å²) in [4.78, 5) is 0. The van der Waals surface area contributed by atoms with E-state index in [0.29, 0.717) is 5.92 Å². The molecule has 0 aromatic rings. The fraction of sp³-hybridized carbons (Fsp3) is 1.00. The molecular formula is C17H34O7. The molecule has 7 nitrogen and oxygen atoms in total. The van der Waals surface area contributed by atoms with Gasteiger partial charge in [0.25, 0.3) is 0 Å². The van der Waals surface area contributed by atoms with Gasteiger partial charge in [-0.15, -0.1) is 0 Å². The van der Waals surface area contributed by atoms with Crippen LogP contribution in [-0.2, 0) is 14.2 Å². The average Bonchev–Trinajstić information content (AvgIpc) is 2.58. The quantitative estimate of drug-likeness (QED) is 0.561. The monoisotopic (exact) mass is 350 g/mol.